The molecule has 1 rings (SSSR count). The quantitative estimate of drug-likeness (QED) is 0.759. The van der Waals surface area contributed by atoms with Gasteiger partial charge < -0.3 is 9.47 Å². The van der Waals surface area contributed by atoms with Crippen molar-refractivity contribution < 1.29 is 9.47 Å². The number of methoxy groups -OCH3 is 2. The number of rotatable bonds is 4. The monoisotopic (exact) mass is 244 g/mol. The summed E-state index contributed by atoms with van der Waals surface area (Å²) in [7, 11) is 3.29. The van der Waals surface area contributed by atoms with E-state index in [1.807, 2.05) is 18.2 Å². The molecule has 0 aromatic heterocycles. The van der Waals surface area contributed by atoms with E-state index in [1.165, 1.54) is 5.56 Å². The third-order valence-corrected chi connectivity index (χ3v) is 2.64. The van der Waals surface area contributed by atoms with Crippen LogP contribution in [0.25, 0.3) is 0 Å². The Kier molecular flexibility index (Phi) is 4.42. The van der Waals surface area contributed by atoms with Crippen molar-refractivity contribution >= 4 is 15.9 Å². The van der Waals surface area contributed by atoms with Crippen LogP contribution < -0.4 is 0 Å². The zero-order valence-corrected chi connectivity index (χ0v) is 9.37. The average Bonchev–Trinajstić information content (AvgIpc) is 2.17. The standard InChI is InChI=1S/C10H13BrO2/c1-12-10(13-2)7-8-5-3-4-6-9(8)11/h3-6,10H,7H2,1-2H3. The minimum atomic E-state index is -0.168. The molecule has 0 unspecified atom stereocenters. The van der Waals surface area contributed by atoms with Crippen molar-refractivity contribution in [3.05, 3.63) is 34.3 Å². The van der Waals surface area contributed by atoms with Crippen molar-refractivity contribution in [2.45, 2.75) is 12.7 Å². The van der Waals surface area contributed by atoms with Crippen molar-refractivity contribution in [2.75, 3.05) is 14.2 Å². The summed E-state index contributed by atoms with van der Waals surface area (Å²) in [6.45, 7) is 0. The highest BCUT2D eigenvalue weighted by molar-refractivity contribution is 9.10. The zero-order chi connectivity index (χ0) is 9.68. The zero-order valence-electron chi connectivity index (χ0n) is 7.79. The summed E-state index contributed by atoms with van der Waals surface area (Å²) in [5.74, 6) is 0. The summed E-state index contributed by atoms with van der Waals surface area (Å²) in [6, 6.07) is 8.05. The van der Waals surface area contributed by atoms with E-state index >= 15 is 0 Å². The Labute approximate surface area is 87.0 Å². The first-order chi connectivity index (χ1) is 6.27. The van der Waals surface area contributed by atoms with E-state index in [0.717, 1.165) is 10.9 Å². The second-order valence-corrected chi connectivity index (χ2v) is 3.55. The lowest BCUT2D eigenvalue weighted by Crippen LogP contribution is -2.16. The van der Waals surface area contributed by atoms with Gasteiger partial charge in [0.25, 0.3) is 0 Å². The van der Waals surface area contributed by atoms with Crippen LogP contribution in [-0.2, 0) is 15.9 Å². The fourth-order valence-electron chi connectivity index (χ4n) is 1.11. The number of ether oxygens (including phenoxy) is 2. The summed E-state index contributed by atoms with van der Waals surface area (Å²) in [5.41, 5.74) is 1.19. The van der Waals surface area contributed by atoms with Crippen LogP contribution >= 0.6 is 15.9 Å². The third-order valence-electron chi connectivity index (χ3n) is 1.87. The summed E-state index contributed by atoms with van der Waals surface area (Å²) in [6.07, 6.45) is 0.590. The predicted molar refractivity (Wildman–Crippen MR) is 55.7 cm³/mol. The smallest absolute Gasteiger partial charge is 0.160 e. The van der Waals surface area contributed by atoms with Crippen LogP contribution in [0.4, 0.5) is 0 Å². The largest absolute Gasteiger partial charge is 0.356 e. The molecule has 0 atom stereocenters. The Morgan fingerprint density at radius 2 is 1.85 bits per heavy atom. The van der Waals surface area contributed by atoms with Crippen molar-refractivity contribution in [1.29, 1.82) is 0 Å². The van der Waals surface area contributed by atoms with E-state index in [1.54, 1.807) is 14.2 Å². The number of hydrogen-bond acceptors (Lipinski definition) is 2. The molecule has 1 aromatic rings. The molecule has 13 heavy (non-hydrogen) atoms. The normalized spacial score (nSPS) is 10.8. The molecule has 0 radical (unpaired) electrons. The van der Waals surface area contributed by atoms with Crippen LogP contribution in [0.15, 0.2) is 28.7 Å². The molecular weight excluding hydrogens is 232 g/mol. The van der Waals surface area contributed by atoms with Gasteiger partial charge in [-0.3, -0.25) is 0 Å². The molecule has 0 saturated heterocycles. The van der Waals surface area contributed by atoms with Crippen LogP contribution in [0.2, 0.25) is 0 Å². The fraction of sp³-hybridized carbons (Fsp3) is 0.400. The van der Waals surface area contributed by atoms with E-state index in [2.05, 4.69) is 22.0 Å². The first-order valence-corrected chi connectivity index (χ1v) is 4.86. The van der Waals surface area contributed by atoms with Crippen LogP contribution in [0.3, 0.4) is 0 Å². The lowest BCUT2D eigenvalue weighted by atomic mass is 10.1. The molecule has 0 aliphatic heterocycles. The van der Waals surface area contributed by atoms with Crippen molar-refractivity contribution in [3.63, 3.8) is 0 Å². The lowest BCUT2D eigenvalue weighted by Gasteiger charge is -2.13. The molecule has 0 fully saturated rings. The van der Waals surface area contributed by atoms with Crippen molar-refractivity contribution in [1.82, 2.24) is 0 Å². The van der Waals surface area contributed by atoms with Crippen LogP contribution in [0, 0.1) is 0 Å². The molecule has 0 heterocycles. The number of hydrogen-bond donors (Lipinski definition) is 0. The van der Waals surface area contributed by atoms with Gasteiger partial charge in [0.15, 0.2) is 6.29 Å². The minimum Gasteiger partial charge on any atom is -0.356 e. The van der Waals surface area contributed by atoms with Gasteiger partial charge >= 0.3 is 0 Å². The van der Waals surface area contributed by atoms with E-state index in [0.29, 0.717) is 0 Å². The molecule has 0 saturated carbocycles. The Balaban J connectivity index is 2.67. The molecule has 72 valence electrons. The highest BCUT2D eigenvalue weighted by atomic mass is 79.9. The topological polar surface area (TPSA) is 18.5 Å². The average molecular weight is 245 g/mol. The maximum absolute atomic E-state index is 5.12. The summed E-state index contributed by atoms with van der Waals surface area (Å²) in [4.78, 5) is 0. The van der Waals surface area contributed by atoms with E-state index in [4.69, 9.17) is 9.47 Å². The van der Waals surface area contributed by atoms with Gasteiger partial charge in [-0.2, -0.15) is 0 Å². The van der Waals surface area contributed by atoms with Gasteiger partial charge in [0, 0.05) is 25.1 Å². The van der Waals surface area contributed by atoms with Crippen LogP contribution in [0.5, 0.6) is 0 Å². The molecule has 0 amide bonds. The third kappa shape index (κ3) is 3.10. The Morgan fingerprint density at radius 1 is 1.23 bits per heavy atom. The molecule has 0 aliphatic rings. The van der Waals surface area contributed by atoms with Gasteiger partial charge in [-0.25, -0.2) is 0 Å². The van der Waals surface area contributed by atoms with Crippen molar-refractivity contribution in [2.24, 2.45) is 0 Å². The van der Waals surface area contributed by atoms with E-state index in [9.17, 15) is 0 Å². The lowest BCUT2D eigenvalue weighted by molar-refractivity contribution is -0.100. The molecule has 0 aliphatic carbocycles. The van der Waals surface area contributed by atoms with Gasteiger partial charge in [0.05, 0.1) is 0 Å². The molecular formula is C10H13BrO2. The summed E-state index contributed by atoms with van der Waals surface area (Å²) in [5, 5.41) is 0. The summed E-state index contributed by atoms with van der Waals surface area (Å²) < 4.78 is 11.3. The van der Waals surface area contributed by atoms with E-state index < -0.39 is 0 Å². The molecule has 2 nitrogen and oxygen atoms in total. The van der Waals surface area contributed by atoms with Gasteiger partial charge in [0.2, 0.25) is 0 Å². The Bertz CT molecular complexity index is 259. The van der Waals surface area contributed by atoms with Gasteiger partial charge in [-0.05, 0) is 11.6 Å². The highest BCUT2D eigenvalue weighted by Gasteiger charge is 2.08. The second-order valence-electron chi connectivity index (χ2n) is 2.70. The van der Waals surface area contributed by atoms with Gasteiger partial charge in [0.1, 0.15) is 0 Å². The first kappa shape index (κ1) is 10.7. The number of benzene rings is 1. The highest BCUT2D eigenvalue weighted by Crippen LogP contribution is 2.18. The Hall–Kier alpha value is -0.380. The second kappa shape index (κ2) is 5.37. The van der Waals surface area contributed by atoms with E-state index in [-0.39, 0.29) is 6.29 Å². The number of halogens is 1. The first-order valence-electron chi connectivity index (χ1n) is 4.07. The SMILES string of the molecule is COC(Cc1ccccc1Br)OC. The van der Waals surface area contributed by atoms with Crippen LogP contribution in [-0.4, -0.2) is 20.5 Å². The maximum atomic E-state index is 5.12. The van der Waals surface area contributed by atoms with Gasteiger partial charge in [-0.15, -0.1) is 0 Å². The molecule has 3 heteroatoms. The Morgan fingerprint density at radius 3 is 2.38 bits per heavy atom. The summed E-state index contributed by atoms with van der Waals surface area (Å²) >= 11 is 3.47. The van der Waals surface area contributed by atoms with Crippen molar-refractivity contribution in [3.8, 4) is 0 Å². The fourth-order valence-corrected chi connectivity index (χ4v) is 1.55. The maximum Gasteiger partial charge on any atom is 0.160 e. The minimum absolute atomic E-state index is 0.168. The predicted octanol–water partition coefficient (Wildman–Crippen LogP) is 2.61. The molecule has 1 aromatic carbocycles. The molecule has 0 bridgehead atoms. The van der Waals surface area contributed by atoms with Crippen LogP contribution in [0.1, 0.15) is 5.56 Å². The van der Waals surface area contributed by atoms with Gasteiger partial charge in [-0.1, -0.05) is 34.1 Å². The molecule has 0 N–H and O–H groups in total. The molecule has 0 spiro atoms.